The molecule has 0 fully saturated rings. The van der Waals surface area contributed by atoms with Crippen molar-refractivity contribution < 1.29 is 4.74 Å². The Hall–Kier alpha value is -1.45. The Morgan fingerprint density at radius 1 is 1.06 bits per heavy atom. The number of halogens is 1. The number of benzene rings is 2. The molecule has 0 N–H and O–H groups in total. The summed E-state index contributed by atoms with van der Waals surface area (Å²) < 4.78 is 0.838. The molecule has 2 nitrogen and oxygen atoms in total. The Balaban J connectivity index is 2.23. The molecule has 0 amide bonds. The topological polar surface area (TPSA) is 26.1 Å². The lowest BCUT2D eigenvalue weighted by atomic mass is 10.2. The summed E-state index contributed by atoms with van der Waals surface area (Å²) in [7, 11) is 0. The van der Waals surface area contributed by atoms with Crippen LogP contribution in [0.3, 0.4) is 0 Å². The normalized spacial score (nSPS) is 11.6. The summed E-state index contributed by atoms with van der Waals surface area (Å²) in [6.45, 7) is 0. The number of nitrogens with zero attached hydrogens (tertiary/aromatic N) is 1. The van der Waals surface area contributed by atoms with Gasteiger partial charge in [0, 0.05) is 27.6 Å². The molecule has 2 rings (SSSR count). The van der Waals surface area contributed by atoms with Gasteiger partial charge in [-0.05, 0) is 42.7 Å². The van der Waals surface area contributed by atoms with Gasteiger partial charge in [0.25, 0.3) is 0 Å². The fourth-order valence-electron chi connectivity index (χ4n) is 1.49. The second-order valence-electron chi connectivity index (χ2n) is 3.70. The molecular weight excluding hydrogens is 266 g/mol. The summed E-state index contributed by atoms with van der Waals surface area (Å²) in [5.74, 6) is 0. The van der Waals surface area contributed by atoms with Gasteiger partial charge in [-0.2, -0.15) is 4.74 Å². The summed E-state index contributed by atoms with van der Waals surface area (Å²) in [6.07, 6.45) is 3.57. The number of rotatable bonds is 3. The highest BCUT2D eigenvalue weighted by Crippen LogP contribution is 2.17. The van der Waals surface area contributed by atoms with E-state index in [1.807, 2.05) is 30.5 Å². The molecule has 0 saturated carbocycles. The quantitative estimate of drug-likeness (QED) is 0.274. The van der Waals surface area contributed by atoms with Gasteiger partial charge < -0.3 is 5.21 Å². The van der Waals surface area contributed by atoms with Crippen LogP contribution in [0, 0.1) is 5.21 Å². The van der Waals surface area contributed by atoms with E-state index in [0.29, 0.717) is 10.7 Å². The lowest BCUT2D eigenvalue weighted by Gasteiger charge is -2.03. The van der Waals surface area contributed by atoms with E-state index in [4.69, 9.17) is 11.6 Å². The zero-order chi connectivity index (χ0) is 13.0. The number of thioether (sulfide) groups is 1. The summed E-state index contributed by atoms with van der Waals surface area (Å²) in [6, 6.07) is 14.6. The third kappa shape index (κ3) is 3.28. The van der Waals surface area contributed by atoms with Crippen LogP contribution in [-0.2, 0) is 0 Å². The zero-order valence-electron chi connectivity index (χ0n) is 9.84. The Bertz CT molecular complexity index is 549. The summed E-state index contributed by atoms with van der Waals surface area (Å²) in [4.78, 5) is 1.18. The Kier molecular flexibility index (Phi) is 4.28. The van der Waals surface area contributed by atoms with Crippen LogP contribution in [-0.4, -0.2) is 17.2 Å². The molecule has 0 aliphatic rings. The minimum absolute atomic E-state index is 0.563. The molecule has 0 aromatic heterocycles. The highest BCUT2D eigenvalue weighted by atomic mass is 35.5. The van der Waals surface area contributed by atoms with Gasteiger partial charge in [-0.1, -0.05) is 11.6 Å². The first-order valence-electron chi connectivity index (χ1n) is 5.40. The molecule has 2 aromatic carbocycles. The van der Waals surface area contributed by atoms with E-state index in [1.165, 1.54) is 4.90 Å². The SMILES string of the molecule is CSc1ccc(/C=[N+](\[O-])c2ccc(Cl)cc2)cc1. The van der Waals surface area contributed by atoms with Crippen molar-refractivity contribution in [2.75, 3.05) is 6.26 Å². The van der Waals surface area contributed by atoms with Crippen molar-refractivity contribution in [3.05, 3.63) is 64.3 Å². The van der Waals surface area contributed by atoms with E-state index in [9.17, 15) is 5.21 Å². The molecule has 0 saturated heterocycles. The van der Waals surface area contributed by atoms with Crippen molar-refractivity contribution in [3.8, 4) is 0 Å². The maximum absolute atomic E-state index is 11.9. The van der Waals surface area contributed by atoms with Gasteiger partial charge in [-0.25, -0.2) is 0 Å². The molecule has 2 aromatic rings. The summed E-state index contributed by atoms with van der Waals surface area (Å²) in [5.41, 5.74) is 1.44. The van der Waals surface area contributed by atoms with Crippen molar-refractivity contribution in [2.24, 2.45) is 0 Å². The van der Waals surface area contributed by atoms with Gasteiger partial charge in [0.05, 0.1) is 0 Å². The predicted octanol–water partition coefficient (Wildman–Crippen LogP) is 4.32. The van der Waals surface area contributed by atoms with E-state index in [0.717, 1.165) is 10.3 Å². The van der Waals surface area contributed by atoms with E-state index >= 15 is 0 Å². The third-order valence-electron chi connectivity index (χ3n) is 2.46. The highest BCUT2D eigenvalue weighted by molar-refractivity contribution is 7.98. The maximum Gasteiger partial charge on any atom is 0.216 e. The molecule has 0 heterocycles. The van der Waals surface area contributed by atoms with Crippen LogP contribution in [0.25, 0.3) is 0 Å². The fourth-order valence-corrected chi connectivity index (χ4v) is 2.02. The molecule has 0 bridgehead atoms. The first-order chi connectivity index (χ1) is 8.69. The first-order valence-corrected chi connectivity index (χ1v) is 7.00. The van der Waals surface area contributed by atoms with E-state index in [1.54, 1.807) is 42.2 Å². The monoisotopic (exact) mass is 277 g/mol. The minimum atomic E-state index is 0.563. The van der Waals surface area contributed by atoms with Crippen LogP contribution >= 0.6 is 23.4 Å². The van der Waals surface area contributed by atoms with Crippen molar-refractivity contribution in [2.45, 2.75) is 4.90 Å². The molecule has 0 atom stereocenters. The molecule has 0 radical (unpaired) electrons. The maximum atomic E-state index is 11.9. The van der Waals surface area contributed by atoms with Gasteiger partial charge in [0.1, 0.15) is 0 Å². The van der Waals surface area contributed by atoms with Crippen molar-refractivity contribution in [1.29, 1.82) is 0 Å². The van der Waals surface area contributed by atoms with Crippen molar-refractivity contribution >= 4 is 35.3 Å². The Morgan fingerprint density at radius 2 is 1.67 bits per heavy atom. The lowest BCUT2D eigenvalue weighted by molar-refractivity contribution is -0.354. The number of hydrogen-bond acceptors (Lipinski definition) is 2. The van der Waals surface area contributed by atoms with Gasteiger partial charge in [0.2, 0.25) is 5.69 Å². The predicted molar refractivity (Wildman–Crippen MR) is 78.1 cm³/mol. The van der Waals surface area contributed by atoms with E-state index in [2.05, 4.69) is 0 Å². The largest absolute Gasteiger partial charge is 0.618 e. The molecule has 92 valence electrons. The summed E-state index contributed by atoms with van der Waals surface area (Å²) >= 11 is 7.45. The molecule has 4 heteroatoms. The van der Waals surface area contributed by atoms with Crippen molar-refractivity contribution in [3.63, 3.8) is 0 Å². The van der Waals surface area contributed by atoms with Crippen LogP contribution in [0.5, 0.6) is 0 Å². The lowest BCUT2D eigenvalue weighted by Crippen LogP contribution is -1.98. The van der Waals surface area contributed by atoms with Crippen LogP contribution < -0.4 is 0 Å². The van der Waals surface area contributed by atoms with Crippen LogP contribution in [0.15, 0.2) is 53.4 Å². The van der Waals surface area contributed by atoms with E-state index < -0.39 is 0 Å². The van der Waals surface area contributed by atoms with E-state index in [-0.39, 0.29) is 0 Å². The minimum Gasteiger partial charge on any atom is -0.618 e. The Labute approximate surface area is 115 Å². The van der Waals surface area contributed by atoms with Crippen molar-refractivity contribution in [1.82, 2.24) is 0 Å². The molecule has 0 unspecified atom stereocenters. The average molecular weight is 278 g/mol. The molecule has 0 aliphatic carbocycles. The average Bonchev–Trinajstić information content (AvgIpc) is 2.40. The third-order valence-corrected chi connectivity index (χ3v) is 3.46. The van der Waals surface area contributed by atoms with Gasteiger partial charge >= 0.3 is 0 Å². The molecule has 0 spiro atoms. The Morgan fingerprint density at radius 3 is 2.22 bits per heavy atom. The first kappa shape index (κ1) is 13.0. The van der Waals surface area contributed by atoms with Crippen LogP contribution in [0.4, 0.5) is 5.69 Å². The number of hydrogen-bond donors (Lipinski definition) is 0. The summed E-state index contributed by atoms with van der Waals surface area (Å²) in [5, 5.41) is 12.5. The molecule has 18 heavy (non-hydrogen) atoms. The van der Waals surface area contributed by atoms with Gasteiger partial charge in [0.15, 0.2) is 6.21 Å². The smallest absolute Gasteiger partial charge is 0.216 e. The zero-order valence-corrected chi connectivity index (χ0v) is 11.4. The second kappa shape index (κ2) is 5.94. The highest BCUT2D eigenvalue weighted by Gasteiger charge is 2.01. The molecule has 0 aliphatic heterocycles. The second-order valence-corrected chi connectivity index (χ2v) is 5.02. The van der Waals surface area contributed by atoms with Gasteiger partial charge in [-0.15, -0.1) is 11.8 Å². The fraction of sp³-hybridized carbons (Fsp3) is 0.0714. The standard InChI is InChI=1S/C14H12ClNOS/c1-18-14-8-2-11(3-9-14)10-16(17)13-6-4-12(15)5-7-13/h2-10H,1H3/b16-10-. The van der Waals surface area contributed by atoms with Gasteiger partial charge in [-0.3, -0.25) is 0 Å². The van der Waals surface area contributed by atoms with Crippen LogP contribution in [0.2, 0.25) is 5.02 Å². The molecular formula is C14H12ClNOS. The van der Waals surface area contributed by atoms with Crippen LogP contribution in [0.1, 0.15) is 5.56 Å².